The number of aliphatic hydroxyl groups is 1. The standard InChI is InChI=1S/C19H17FN2O4/c1-25-16-4-2-3-13(11-16)18-17(19(24)26-10-9-23)12-22(21-18)15-7-5-14(20)6-8-15/h2-8,11-12,23H,9-10H2,1H3. The molecule has 0 amide bonds. The number of methoxy groups -OCH3 is 1. The fourth-order valence-electron chi connectivity index (χ4n) is 2.45. The van der Waals surface area contributed by atoms with Gasteiger partial charge in [0, 0.05) is 11.8 Å². The van der Waals surface area contributed by atoms with Crippen LogP contribution in [-0.4, -0.2) is 41.2 Å². The average molecular weight is 356 g/mol. The first-order valence-electron chi connectivity index (χ1n) is 7.90. The molecule has 0 aliphatic heterocycles. The second-order valence-electron chi connectivity index (χ2n) is 5.40. The van der Waals surface area contributed by atoms with Crippen molar-refractivity contribution in [1.29, 1.82) is 0 Å². The minimum absolute atomic E-state index is 0.113. The Labute approximate surface area is 149 Å². The zero-order chi connectivity index (χ0) is 18.5. The molecule has 1 N–H and O–H groups in total. The zero-order valence-corrected chi connectivity index (χ0v) is 14.1. The van der Waals surface area contributed by atoms with Gasteiger partial charge in [0.05, 0.1) is 19.4 Å². The monoisotopic (exact) mass is 356 g/mol. The molecule has 0 saturated heterocycles. The lowest BCUT2D eigenvalue weighted by Crippen LogP contribution is -2.09. The van der Waals surface area contributed by atoms with Gasteiger partial charge in [-0.1, -0.05) is 12.1 Å². The first-order chi connectivity index (χ1) is 12.6. The van der Waals surface area contributed by atoms with E-state index in [1.807, 2.05) is 0 Å². The molecule has 3 rings (SSSR count). The van der Waals surface area contributed by atoms with E-state index in [2.05, 4.69) is 5.10 Å². The summed E-state index contributed by atoms with van der Waals surface area (Å²) in [4.78, 5) is 12.4. The Bertz CT molecular complexity index is 906. The highest BCUT2D eigenvalue weighted by atomic mass is 19.1. The molecule has 0 aliphatic carbocycles. The molecule has 0 unspecified atom stereocenters. The summed E-state index contributed by atoms with van der Waals surface area (Å²) in [6, 6.07) is 12.8. The zero-order valence-electron chi connectivity index (χ0n) is 14.1. The summed E-state index contributed by atoms with van der Waals surface area (Å²) in [6.07, 6.45) is 1.52. The highest BCUT2D eigenvalue weighted by Gasteiger charge is 2.20. The van der Waals surface area contributed by atoms with Crippen molar-refractivity contribution in [3.8, 4) is 22.7 Å². The molecule has 0 aliphatic rings. The molecule has 0 spiro atoms. The van der Waals surface area contributed by atoms with Crippen molar-refractivity contribution in [3.63, 3.8) is 0 Å². The molecular weight excluding hydrogens is 339 g/mol. The number of carbonyl (C=O) groups is 1. The van der Waals surface area contributed by atoms with E-state index in [0.717, 1.165) is 0 Å². The lowest BCUT2D eigenvalue weighted by atomic mass is 10.1. The predicted molar refractivity (Wildman–Crippen MR) is 92.9 cm³/mol. The number of benzene rings is 2. The van der Waals surface area contributed by atoms with E-state index in [0.29, 0.717) is 22.7 Å². The molecule has 2 aromatic carbocycles. The van der Waals surface area contributed by atoms with Crippen LogP contribution < -0.4 is 4.74 Å². The van der Waals surface area contributed by atoms with Gasteiger partial charge in [-0.15, -0.1) is 0 Å². The van der Waals surface area contributed by atoms with Gasteiger partial charge in [-0.2, -0.15) is 5.10 Å². The molecular formula is C19H17FN2O4. The fourth-order valence-corrected chi connectivity index (χ4v) is 2.45. The number of rotatable bonds is 6. The van der Waals surface area contributed by atoms with Crippen LogP contribution in [0.15, 0.2) is 54.7 Å². The lowest BCUT2D eigenvalue weighted by molar-refractivity contribution is 0.0434. The quantitative estimate of drug-likeness (QED) is 0.688. The van der Waals surface area contributed by atoms with Gasteiger partial charge in [0.1, 0.15) is 29.4 Å². The third kappa shape index (κ3) is 3.73. The number of carbonyl (C=O) groups excluding carboxylic acids is 1. The molecule has 1 heterocycles. The maximum absolute atomic E-state index is 13.2. The normalized spacial score (nSPS) is 10.6. The molecule has 0 bridgehead atoms. The molecule has 7 heteroatoms. The Hall–Kier alpha value is -3.19. The molecule has 134 valence electrons. The Morgan fingerprint density at radius 1 is 1.23 bits per heavy atom. The van der Waals surface area contributed by atoms with E-state index in [9.17, 15) is 9.18 Å². The van der Waals surface area contributed by atoms with Crippen molar-refractivity contribution in [2.45, 2.75) is 0 Å². The first-order valence-corrected chi connectivity index (χ1v) is 7.90. The maximum atomic E-state index is 13.2. The van der Waals surface area contributed by atoms with Crippen molar-refractivity contribution in [2.24, 2.45) is 0 Å². The third-order valence-corrected chi connectivity index (χ3v) is 3.69. The van der Waals surface area contributed by atoms with Crippen LogP contribution in [0.3, 0.4) is 0 Å². The van der Waals surface area contributed by atoms with E-state index in [-0.39, 0.29) is 24.6 Å². The highest BCUT2D eigenvalue weighted by Crippen LogP contribution is 2.27. The first kappa shape index (κ1) is 17.6. The number of aliphatic hydroxyl groups excluding tert-OH is 1. The molecule has 26 heavy (non-hydrogen) atoms. The summed E-state index contributed by atoms with van der Waals surface area (Å²) in [5.41, 5.74) is 1.89. The van der Waals surface area contributed by atoms with Crippen LogP contribution in [0.25, 0.3) is 16.9 Å². The second-order valence-corrected chi connectivity index (χ2v) is 5.40. The summed E-state index contributed by atoms with van der Waals surface area (Å²) >= 11 is 0. The molecule has 3 aromatic rings. The number of ether oxygens (including phenoxy) is 2. The Morgan fingerprint density at radius 2 is 2.00 bits per heavy atom. The van der Waals surface area contributed by atoms with Crippen molar-refractivity contribution in [2.75, 3.05) is 20.3 Å². The van der Waals surface area contributed by atoms with Crippen LogP contribution in [0.2, 0.25) is 0 Å². The number of aromatic nitrogens is 2. The van der Waals surface area contributed by atoms with Gasteiger partial charge in [0.25, 0.3) is 0 Å². The molecule has 0 fully saturated rings. The van der Waals surface area contributed by atoms with E-state index in [1.165, 1.54) is 23.0 Å². The highest BCUT2D eigenvalue weighted by molar-refractivity contribution is 5.96. The van der Waals surface area contributed by atoms with Gasteiger partial charge >= 0.3 is 5.97 Å². The van der Waals surface area contributed by atoms with Crippen molar-refractivity contribution in [3.05, 3.63) is 66.1 Å². The van der Waals surface area contributed by atoms with Gasteiger partial charge in [0.15, 0.2) is 0 Å². The van der Waals surface area contributed by atoms with Crippen LogP contribution in [0.5, 0.6) is 5.75 Å². The average Bonchev–Trinajstić information content (AvgIpc) is 3.12. The summed E-state index contributed by atoms with van der Waals surface area (Å²) in [5, 5.41) is 13.3. The van der Waals surface area contributed by atoms with Crippen LogP contribution in [0, 0.1) is 5.82 Å². The van der Waals surface area contributed by atoms with Crippen LogP contribution in [0.1, 0.15) is 10.4 Å². The predicted octanol–water partition coefficient (Wildman–Crippen LogP) is 2.84. The number of hydrogen-bond donors (Lipinski definition) is 1. The Morgan fingerprint density at radius 3 is 2.69 bits per heavy atom. The van der Waals surface area contributed by atoms with Crippen LogP contribution in [-0.2, 0) is 4.74 Å². The van der Waals surface area contributed by atoms with Crippen molar-refractivity contribution in [1.82, 2.24) is 9.78 Å². The smallest absolute Gasteiger partial charge is 0.342 e. The van der Waals surface area contributed by atoms with Gasteiger partial charge in [0.2, 0.25) is 0 Å². The minimum atomic E-state index is -0.606. The van der Waals surface area contributed by atoms with Crippen LogP contribution in [0.4, 0.5) is 4.39 Å². The fraction of sp³-hybridized carbons (Fsp3) is 0.158. The summed E-state index contributed by atoms with van der Waals surface area (Å²) in [5.74, 6) is -0.352. The lowest BCUT2D eigenvalue weighted by Gasteiger charge is -2.05. The van der Waals surface area contributed by atoms with E-state index >= 15 is 0 Å². The number of hydrogen-bond acceptors (Lipinski definition) is 5. The van der Waals surface area contributed by atoms with Crippen molar-refractivity contribution >= 4 is 5.97 Å². The van der Waals surface area contributed by atoms with Crippen LogP contribution >= 0.6 is 0 Å². The molecule has 0 atom stereocenters. The summed E-state index contributed by atoms with van der Waals surface area (Å²) in [7, 11) is 1.55. The third-order valence-electron chi connectivity index (χ3n) is 3.69. The topological polar surface area (TPSA) is 73.6 Å². The second kappa shape index (κ2) is 7.79. The minimum Gasteiger partial charge on any atom is -0.497 e. The van der Waals surface area contributed by atoms with E-state index in [4.69, 9.17) is 14.6 Å². The van der Waals surface area contributed by atoms with E-state index < -0.39 is 5.97 Å². The van der Waals surface area contributed by atoms with Crippen molar-refractivity contribution < 1.29 is 23.8 Å². The van der Waals surface area contributed by atoms with Gasteiger partial charge in [-0.3, -0.25) is 0 Å². The number of nitrogens with zero attached hydrogens (tertiary/aromatic N) is 2. The molecule has 1 aromatic heterocycles. The van der Waals surface area contributed by atoms with E-state index in [1.54, 1.807) is 43.5 Å². The van der Waals surface area contributed by atoms with Gasteiger partial charge in [-0.25, -0.2) is 13.9 Å². The summed E-state index contributed by atoms with van der Waals surface area (Å²) in [6.45, 7) is -0.384. The number of halogens is 1. The molecule has 0 saturated carbocycles. The van der Waals surface area contributed by atoms with Gasteiger partial charge in [-0.05, 0) is 36.4 Å². The largest absolute Gasteiger partial charge is 0.497 e. The summed E-state index contributed by atoms with van der Waals surface area (Å²) < 4.78 is 24.9. The Kier molecular flexibility index (Phi) is 5.28. The van der Waals surface area contributed by atoms with Gasteiger partial charge < -0.3 is 14.6 Å². The maximum Gasteiger partial charge on any atom is 0.342 e. The Balaban J connectivity index is 2.07. The SMILES string of the molecule is COc1cccc(-c2nn(-c3ccc(F)cc3)cc2C(=O)OCCO)c1. The molecule has 0 radical (unpaired) electrons. The molecule has 6 nitrogen and oxygen atoms in total. The number of esters is 1.